The normalized spacial score (nSPS) is 13.0. The number of hydrogen-bond donors (Lipinski definition) is 1. The van der Waals surface area contributed by atoms with Crippen LogP contribution >= 0.6 is 0 Å². The molecule has 0 heterocycles. The first-order chi connectivity index (χ1) is 6.55. The number of aliphatic hydroxyl groups excluding tert-OH is 1. The number of allylic oxidation sites excluding steroid dienone is 1. The van der Waals surface area contributed by atoms with Gasteiger partial charge in [-0.1, -0.05) is 57.2 Å². The summed E-state index contributed by atoms with van der Waals surface area (Å²) in [5, 5.41) is 8.98. The van der Waals surface area contributed by atoms with E-state index in [2.05, 4.69) is 32.9 Å². The van der Waals surface area contributed by atoms with E-state index in [1.807, 2.05) is 24.3 Å². The predicted octanol–water partition coefficient (Wildman–Crippen LogP) is 3.11. The van der Waals surface area contributed by atoms with Gasteiger partial charge in [0.25, 0.3) is 0 Å². The van der Waals surface area contributed by atoms with Crippen molar-refractivity contribution in [3.63, 3.8) is 0 Å². The summed E-state index contributed by atoms with van der Waals surface area (Å²) in [6.45, 7) is 6.56. The second kappa shape index (κ2) is 4.43. The second-order valence-corrected chi connectivity index (χ2v) is 4.42. The molecule has 0 aliphatic carbocycles. The van der Waals surface area contributed by atoms with Crippen LogP contribution in [-0.2, 0) is 0 Å². The molecule has 1 aromatic rings. The molecule has 0 spiro atoms. The lowest BCUT2D eigenvalue weighted by atomic mass is 9.82. The molecule has 0 aromatic heterocycles. The van der Waals surface area contributed by atoms with Gasteiger partial charge < -0.3 is 5.11 Å². The number of hydrogen-bond acceptors (Lipinski definition) is 1. The van der Waals surface area contributed by atoms with Crippen molar-refractivity contribution in [3.8, 4) is 0 Å². The fourth-order valence-electron chi connectivity index (χ4n) is 1.57. The summed E-state index contributed by atoms with van der Waals surface area (Å²) in [6.07, 6.45) is 1.88. The molecule has 0 amide bonds. The largest absolute Gasteiger partial charge is 0.392 e. The summed E-state index contributed by atoms with van der Waals surface area (Å²) < 4.78 is 0. The molecule has 76 valence electrons. The maximum absolute atomic E-state index is 8.98. The topological polar surface area (TPSA) is 20.2 Å². The zero-order chi connectivity index (χ0) is 10.6. The number of aliphatic hydroxyl groups is 1. The molecule has 14 heavy (non-hydrogen) atoms. The lowest BCUT2D eigenvalue weighted by Gasteiger charge is -2.23. The summed E-state index contributed by atoms with van der Waals surface area (Å²) in [5.41, 5.74) is 2.46. The minimum absolute atomic E-state index is 0.0735. The molecule has 0 aliphatic rings. The Bertz CT molecular complexity index is 304. The van der Waals surface area contributed by atoms with Gasteiger partial charge in [-0.05, 0) is 16.6 Å². The van der Waals surface area contributed by atoms with E-state index in [4.69, 9.17) is 5.11 Å². The Hall–Kier alpha value is -1.08. The fraction of sp³-hybridized carbons (Fsp3) is 0.385. The van der Waals surface area contributed by atoms with Crippen LogP contribution in [0.25, 0.3) is 5.57 Å². The third kappa shape index (κ3) is 2.71. The van der Waals surface area contributed by atoms with Crippen LogP contribution in [0, 0.1) is 5.41 Å². The van der Waals surface area contributed by atoms with E-state index >= 15 is 0 Å². The maximum Gasteiger partial charge on any atom is 0.0618 e. The molecule has 0 fully saturated rings. The fourth-order valence-corrected chi connectivity index (χ4v) is 1.57. The standard InChI is InChI=1S/C13H18O/c1-13(2,3)12(9-10-14)11-7-5-4-6-8-11/h4-9,14H,10H2,1-3H3/b12-9+. The third-order valence-corrected chi connectivity index (χ3v) is 2.19. The van der Waals surface area contributed by atoms with Crippen LogP contribution in [-0.4, -0.2) is 11.7 Å². The van der Waals surface area contributed by atoms with Gasteiger partial charge in [0.2, 0.25) is 0 Å². The van der Waals surface area contributed by atoms with Crippen LogP contribution in [0.3, 0.4) is 0 Å². The molecule has 1 N–H and O–H groups in total. The quantitative estimate of drug-likeness (QED) is 0.759. The summed E-state index contributed by atoms with van der Waals surface area (Å²) in [5.74, 6) is 0. The molecule has 0 aliphatic heterocycles. The molecular formula is C13H18O. The molecule has 1 rings (SSSR count). The minimum atomic E-state index is 0.0735. The van der Waals surface area contributed by atoms with E-state index in [0.29, 0.717) is 0 Å². The van der Waals surface area contributed by atoms with Gasteiger partial charge in [-0.25, -0.2) is 0 Å². The average molecular weight is 190 g/mol. The highest BCUT2D eigenvalue weighted by molar-refractivity contribution is 5.69. The molecule has 1 aromatic carbocycles. The van der Waals surface area contributed by atoms with Crippen molar-refractivity contribution >= 4 is 5.57 Å². The lowest BCUT2D eigenvalue weighted by Crippen LogP contribution is -2.09. The van der Waals surface area contributed by atoms with Crippen molar-refractivity contribution in [1.29, 1.82) is 0 Å². The SMILES string of the molecule is CC(C)(C)/C(=C/CO)c1ccccc1. The van der Waals surface area contributed by atoms with Crippen LogP contribution in [0.1, 0.15) is 26.3 Å². The van der Waals surface area contributed by atoms with Crippen molar-refractivity contribution in [2.45, 2.75) is 20.8 Å². The van der Waals surface area contributed by atoms with Gasteiger partial charge in [0, 0.05) is 0 Å². The van der Waals surface area contributed by atoms with E-state index in [-0.39, 0.29) is 12.0 Å². The highest BCUT2D eigenvalue weighted by Gasteiger charge is 2.17. The summed E-state index contributed by atoms with van der Waals surface area (Å²) in [4.78, 5) is 0. The monoisotopic (exact) mass is 190 g/mol. The summed E-state index contributed by atoms with van der Waals surface area (Å²) in [7, 11) is 0. The Kier molecular flexibility index (Phi) is 3.48. The molecular weight excluding hydrogens is 172 g/mol. The van der Waals surface area contributed by atoms with Crippen molar-refractivity contribution < 1.29 is 5.11 Å². The molecule has 0 atom stereocenters. The summed E-state index contributed by atoms with van der Waals surface area (Å²) in [6, 6.07) is 10.2. The predicted molar refractivity (Wildman–Crippen MR) is 61.0 cm³/mol. The van der Waals surface area contributed by atoms with Crippen molar-refractivity contribution in [1.82, 2.24) is 0 Å². The first-order valence-electron chi connectivity index (χ1n) is 4.92. The van der Waals surface area contributed by atoms with Crippen LogP contribution < -0.4 is 0 Å². The first kappa shape index (κ1) is 11.0. The van der Waals surface area contributed by atoms with Gasteiger partial charge in [-0.15, -0.1) is 0 Å². The molecule has 0 saturated heterocycles. The molecule has 1 nitrogen and oxygen atoms in total. The molecule has 0 unspecified atom stereocenters. The second-order valence-electron chi connectivity index (χ2n) is 4.42. The van der Waals surface area contributed by atoms with E-state index in [1.54, 1.807) is 0 Å². The zero-order valence-electron chi connectivity index (χ0n) is 9.12. The highest BCUT2D eigenvalue weighted by Crippen LogP contribution is 2.33. The van der Waals surface area contributed by atoms with Crippen molar-refractivity contribution in [2.24, 2.45) is 5.41 Å². The van der Waals surface area contributed by atoms with Crippen LogP contribution in [0.5, 0.6) is 0 Å². The molecule has 0 radical (unpaired) electrons. The molecule has 1 heteroatoms. The minimum Gasteiger partial charge on any atom is -0.392 e. The average Bonchev–Trinajstić information content (AvgIpc) is 2.14. The van der Waals surface area contributed by atoms with Crippen LogP contribution in [0.15, 0.2) is 36.4 Å². The van der Waals surface area contributed by atoms with E-state index < -0.39 is 0 Å². The van der Waals surface area contributed by atoms with Crippen LogP contribution in [0.2, 0.25) is 0 Å². The smallest absolute Gasteiger partial charge is 0.0618 e. The van der Waals surface area contributed by atoms with Crippen LogP contribution in [0.4, 0.5) is 0 Å². The Morgan fingerprint density at radius 3 is 2.21 bits per heavy atom. The van der Waals surface area contributed by atoms with E-state index in [1.165, 1.54) is 11.1 Å². The van der Waals surface area contributed by atoms with E-state index in [9.17, 15) is 0 Å². The van der Waals surface area contributed by atoms with Crippen molar-refractivity contribution in [3.05, 3.63) is 42.0 Å². The van der Waals surface area contributed by atoms with Gasteiger partial charge in [0.1, 0.15) is 0 Å². The van der Waals surface area contributed by atoms with E-state index in [0.717, 1.165) is 0 Å². The lowest BCUT2D eigenvalue weighted by molar-refractivity contribution is 0.341. The Morgan fingerprint density at radius 1 is 1.21 bits per heavy atom. The first-order valence-corrected chi connectivity index (χ1v) is 4.92. The van der Waals surface area contributed by atoms with Gasteiger partial charge in [-0.3, -0.25) is 0 Å². The van der Waals surface area contributed by atoms with Crippen molar-refractivity contribution in [2.75, 3.05) is 6.61 Å². The van der Waals surface area contributed by atoms with Gasteiger partial charge in [-0.2, -0.15) is 0 Å². The molecule has 0 saturated carbocycles. The zero-order valence-corrected chi connectivity index (χ0v) is 9.12. The maximum atomic E-state index is 8.98. The number of rotatable bonds is 2. The molecule has 0 bridgehead atoms. The van der Waals surface area contributed by atoms with Gasteiger partial charge in [0.05, 0.1) is 6.61 Å². The Balaban J connectivity index is 3.09. The number of benzene rings is 1. The highest BCUT2D eigenvalue weighted by atomic mass is 16.2. The third-order valence-electron chi connectivity index (χ3n) is 2.19. The van der Waals surface area contributed by atoms with Gasteiger partial charge in [0.15, 0.2) is 0 Å². The van der Waals surface area contributed by atoms with Gasteiger partial charge >= 0.3 is 0 Å². The Labute approximate surface area is 86.1 Å². The Morgan fingerprint density at radius 2 is 1.79 bits per heavy atom. The summed E-state index contributed by atoms with van der Waals surface area (Å²) >= 11 is 0.